The van der Waals surface area contributed by atoms with Crippen molar-refractivity contribution in [1.29, 1.82) is 5.26 Å². The van der Waals surface area contributed by atoms with Crippen molar-refractivity contribution in [3.63, 3.8) is 0 Å². The van der Waals surface area contributed by atoms with Crippen LogP contribution in [0.15, 0.2) is 30.5 Å². The monoisotopic (exact) mass is 435 g/mol. The molecule has 7 heteroatoms. The van der Waals surface area contributed by atoms with E-state index < -0.39 is 26.4 Å². The summed E-state index contributed by atoms with van der Waals surface area (Å²) in [5.41, 5.74) is 1.13. The number of nitrogens with zero attached hydrogens (tertiary/aromatic N) is 2. The molecule has 1 heterocycles. The van der Waals surface area contributed by atoms with Crippen molar-refractivity contribution >= 4 is 24.6 Å². The van der Waals surface area contributed by atoms with Crippen LogP contribution >= 0.6 is 0 Å². The Hall–Kier alpha value is -1.99. The summed E-state index contributed by atoms with van der Waals surface area (Å²) in [4.78, 5) is 7.52. The Balaban J connectivity index is 1.89. The fourth-order valence-electron chi connectivity index (χ4n) is 3.65. The van der Waals surface area contributed by atoms with Crippen molar-refractivity contribution in [2.45, 2.75) is 49.2 Å². The Bertz CT molecular complexity index is 893. The Kier molecular flexibility index (Phi) is 5.81. The van der Waals surface area contributed by atoms with Gasteiger partial charge in [-0.2, -0.15) is 0 Å². The first kappa shape index (κ1) is 19.8. The van der Waals surface area contributed by atoms with E-state index in [0.29, 0.717) is 4.71 Å². The van der Waals surface area contributed by atoms with Gasteiger partial charge in [-0.25, -0.2) is 0 Å². The summed E-state index contributed by atoms with van der Waals surface area (Å²) in [5, 5.41) is 9.92. The van der Waals surface area contributed by atoms with Gasteiger partial charge in [0.15, 0.2) is 0 Å². The third-order valence-electron chi connectivity index (χ3n) is 4.94. The van der Waals surface area contributed by atoms with Crippen LogP contribution in [0.1, 0.15) is 48.8 Å². The molecule has 1 aliphatic rings. The number of rotatable bonds is 4. The van der Waals surface area contributed by atoms with Gasteiger partial charge in [-0.05, 0) is 0 Å². The van der Waals surface area contributed by atoms with Crippen LogP contribution in [-0.4, -0.2) is 24.6 Å². The molecule has 1 aromatic carbocycles. The van der Waals surface area contributed by atoms with Crippen LogP contribution in [0.3, 0.4) is 0 Å². The Morgan fingerprint density at radius 2 is 2.15 bits per heavy atom. The Morgan fingerprint density at radius 1 is 1.37 bits per heavy atom. The number of allylic oxidation sites excluding steroid dienone is 2. The number of aryl methyl sites for hydroxylation is 1. The van der Waals surface area contributed by atoms with E-state index in [4.69, 9.17) is 5.26 Å². The van der Waals surface area contributed by atoms with Crippen molar-refractivity contribution < 1.29 is 13.2 Å². The first-order valence-corrected chi connectivity index (χ1v) is 12.3. The molecule has 0 bridgehead atoms. The summed E-state index contributed by atoms with van der Waals surface area (Å²) < 4.78 is 41.3. The molecule has 0 fully saturated rings. The van der Waals surface area contributed by atoms with Gasteiger partial charge in [0.05, 0.1) is 0 Å². The van der Waals surface area contributed by atoms with Crippen LogP contribution in [0.5, 0.6) is 0 Å². The van der Waals surface area contributed by atoms with E-state index >= 15 is 0 Å². The van der Waals surface area contributed by atoms with E-state index in [0.717, 1.165) is 40.3 Å². The molecule has 0 radical (unpaired) electrons. The minimum absolute atomic E-state index is 0.298. The molecule has 0 spiro atoms. The first-order valence-electron chi connectivity index (χ1n) is 8.92. The third kappa shape index (κ3) is 4.30. The van der Waals surface area contributed by atoms with Crippen LogP contribution in [0.25, 0.3) is 5.57 Å². The molecule has 27 heavy (non-hydrogen) atoms. The molecule has 2 atom stereocenters. The van der Waals surface area contributed by atoms with Crippen LogP contribution in [0.4, 0.5) is 13.2 Å². The summed E-state index contributed by atoms with van der Waals surface area (Å²) in [6.45, 7) is 3.98. The average molecular weight is 435 g/mol. The maximum absolute atomic E-state index is 13.4. The van der Waals surface area contributed by atoms with E-state index in [9.17, 15) is 13.2 Å². The number of H-pyrrole nitrogens is 1. The van der Waals surface area contributed by atoms with Gasteiger partial charge in [0, 0.05) is 0 Å². The number of aromatic nitrogens is 2. The quantitative estimate of drug-likeness (QED) is 0.690. The van der Waals surface area contributed by atoms with Crippen molar-refractivity contribution in [1.82, 2.24) is 9.97 Å². The van der Waals surface area contributed by atoms with E-state index in [-0.39, 0.29) is 5.56 Å². The summed E-state index contributed by atoms with van der Waals surface area (Å²) in [7, 11) is 0. The van der Waals surface area contributed by atoms with E-state index in [1.54, 1.807) is 12.1 Å². The first-order chi connectivity index (χ1) is 12.8. The Morgan fingerprint density at radius 3 is 2.74 bits per heavy atom. The molecule has 3 nitrogen and oxygen atoms in total. The number of imidazole rings is 1. The van der Waals surface area contributed by atoms with Crippen LogP contribution in [0.2, 0.25) is 9.91 Å². The maximum atomic E-state index is 13.4. The zero-order valence-corrected chi connectivity index (χ0v) is 17.1. The summed E-state index contributed by atoms with van der Waals surface area (Å²) in [6, 6.07) is 6.00. The van der Waals surface area contributed by atoms with E-state index in [1.807, 2.05) is 13.1 Å². The predicted octanol–water partition coefficient (Wildman–Crippen LogP) is 4.97. The number of aromatic amines is 1. The summed E-state index contributed by atoms with van der Waals surface area (Å²) in [5.74, 6) is 0.861. The van der Waals surface area contributed by atoms with E-state index in [2.05, 4.69) is 23.0 Å². The van der Waals surface area contributed by atoms with E-state index in [1.165, 1.54) is 17.7 Å². The van der Waals surface area contributed by atoms with Crippen molar-refractivity contribution in [2.24, 2.45) is 0 Å². The zero-order chi connectivity index (χ0) is 19.6. The topological polar surface area (TPSA) is 52.5 Å². The number of nitrogens with one attached hydrogen (secondary N) is 1. The van der Waals surface area contributed by atoms with Gasteiger partial charge in [0.1, 0.15) is 0 Å². The molecule has 0 aliphatic heterocycles. The Labute approximate surface area is 161 Å². The summed E-state index contributed by atoms with van der Waals surface area (Å²) >= 11 is -1.71. The molecule has 142 valence electrons. The van der Waals surface area contributed by atoms with Gasteiger partial charge in [-0.1, -0.05) is 0 Å². The number of hydrogen-bond donors (Lipinski definition) is 1. The van der Waals surface area contributed by atoms with Gasteiger partial charge >= 0.3 is 161 Å². The molecular formula is C20H21AsF3N3. The van der Waals surface area contributed by atoms with Crippen molar-refractivity contribution in [3.05, 3.63) is 53.1 Å². The molecule has 1 N–H and O–H groups in total. The SMILES string of the molecule is CC[As](c1ccc(C#N)c(C(F)(F)F)c1)C1CCC=C(c2cnc(C)[nH]2)C1. The molecule has 3 rings (SSSR count). The fourth-order valence-corrected chi connectivity index (χ4v) is 9.41. The average Bonchev–Trinajstić information content (AvgIpc) is 3.08. The number of nitriles is 1. The molecule has 0 saturated heterocycles. The summed E-state index contributed by atoms with van der Waals surface area (Å²) in [6.07, 6.45) is 2.36. The van der Waals surface area contributed by atoms with Crippen molar-refractivity contribution in [2.75, 3.05) is 0 Å². The van der Waals surface area contributed by atoms with Crippen LogP contribution in [-0.2, 0) is 6.18 Å². The standard InChI is InChI=1S/C20H21AsF3N3/c1-3-21(17-8-7-15(11-25)18(10-17)20(22,23)24)16-6-4-5-14(9-16)19-12-26-13(2)27-19/h5,7-8,10,12,16H,3-4,6,9H2,1-2H3,(H,26,27). The number of alkyl halides is 3. The minimum atomic E-state index is -4.50. The van der Waals surface area contributed by atoms with Gasteiger partial charge in [0.2, 0.25) is 0 Å². The van der Waals surface area contributed by atoms with Gasteiger partial charge in [0.25, 0.3) is 0 Å². The molecule has 1 aromatic heterocycles. The van der Waals surface area contributed by atoms with Crippen LogP contribution in [0, 0.1) is 18.3 Å². The normalized spacial score (nSPS) is 18.7. The number of hydrogen-bond acceptors (Lipinski definition) is 2. The molecule has 0 saturated carbocycles. The second kappa shape index (κ2) is 7.94. The van der Waals surface area contributed by atoms with Crippen LogP contribution < -0.4 is 4.35 Å². The third-order valence-corrected chi connectivity index (χ3v) is 11.1. The number of halogens is 3. The second-order valence-corrected chi connectivity index (χ2v) is 12.6. The number of benzene rings is 1. The van der Waals surface area contributed by atoms with Gasteiger partial charge in [-0.3, -0.25) is 0 Å². The zero-order valence-electron chi connectivity index (χ0n) is 15.3. The molecule has 1 aliphatic carbocycles. The molecular weight excluding hydrogens is 414 g/mol. The molecule has 2 aromatic rings. The van der Waals surface area contributed by atoms with Crippen molar-refractivity contribution in [3.8, 4) is 6.07 Å². The van der Waals surface area contributed by atoms with Gasteiger partial charge in [-0.15, -0.1) is 0 Å². The van der Waals surface area contributed by atoms with Gasteiger partial charge < -0.3 is 0 Å². The molecule has 2 unspecified atom stereocenters. The molecule has 0 amide bonds. The second-order valence-electron chi connectivity index (χ2n) is 6.67. The fraction of sp³-hybridized carbons (Fsp3) is 0.400. The predicted molar refractivity (Wildman–Crippen MR) is 101 cm³/mol.